The lowest BCUT2D eigenvalue weighted by Crippen LogP contribution is -2.09. The molecular weight excluding hydrogens is 190 g/mol. The third-order valence-electron chi connectivity index (χ3n) is 1.83. The van der Waals surface area contributed by atoms with Gasteiger partial charge in [0.2, 0.25) is 5.91 Å². The van der Waals surface area contributed by atoms with E-state index in [9.17, 15) is 4.79 Å². The summed E-state index contributed by atoms with van der Waals surface area (Å²) in [5, 5.41) is 2.78. The maximum Gasteiger partial charge on any atom is 0.224 e. The zero-order chi connectivity index (χ0) is 11.3. The van der Waals surface area contributed by atoms with Crippen LogP contribution in [0, 0.1) is 0 Å². The van der Waals surface area contributed by atoms with E-state index >= 15 is 0 Å². The summed E-state index contributed by atoms with van der Waals surface area (Å²) in [6.07, 6.45) is 0.658. The van der Waals surface area contributed by atoms with Crippen LogP contribution in [0.2, 0.25) is 0 Å². The molecule has 1 amide bonds. The fourth-order valence-electron chi connectivity index (χ4n) is 1.14. The molecule has 0 radical (unpaired) electrons. The van der Waals surface area contributed by atoms with Crippen LogP contribution in [0.3, 0.4) is 0 Å². The first kappa shape index (κ1) is 11.6. The van der Waals surface area contributed by atoms with Gasteiger partial charge in [-0.05, 0) is 38.1 Å². The van der Waals surface area contributed by atoms with Gasteiger partial charge >= 0.3 is 0 Å². The number of benzene rings is 1. The standard InChI is InChI=1S/C12H17NO2/c1-4-12(14)13-10-5-7-11(8-6-10)15-9(2)3/h5-9H,4H2,1-3H3,(H,13,14). The predicted molar refractivity (Wildman–Crippen MR) is 61.1 cm³/mol. The molecule has 0 aromatic heterocycles. The smallest absolute Gasteiger partial charge is 0.224 e. The van der Waals surface area contributed by atoms with E-state index in [0.717, 1.165) is 11.4 Å². The van der Waals surface area contributed by atoms with Crippen LogP contribution in [0.1, 0.15) is 27.2 Å². The number of hydrogen-bond acceptors (Lipinski definition) is 2. The topological polar surface area (TPSA) is 38.3 Å². The summed E-state index contributed by atoms with van der Waals surface area (Å²) in [5.41, 5.74) is 0.804. The van der Waals surface area contributed by atoms with E-state index in [1.54, 1.807) is 0 Å². The predicted octanol–water partition coefficient (Wildman–Crippen LogP) is 2.82. The average molecular weight is 207 g/mol. The third kappa shape index (κ3) is 4.02. The van der Waals surface area contributed by atoms with Crippen molar-refractivity contribution in [3.8, 4) is 5.75 Å². The van der Waals surface area contributed by atoms with Crippen LogP contribution in [0.25, 0.3) is 0 Å². The number of anilines is 1. The molecule has 1 rings (SSSR count). The summed E-state index contributed by atoms with van der Waals surface area (Å²) in [7, 11) is 0. The monoisotopic (exact) mass is 207 g/mol. The van der Waals surface area contributed by atoms with Crippen LogP contribution in [0.4, 0.5) is 5.69 Å². The molecule has 15 heavy (non-hydrogen) atoms. The highest BCUT2D eigenvalue weighted by molar-refractivity contribution is 5.90. The van der Waals surface area contributed by atoms with Crippen molar-refractivity contribution in [2.75, 3.05) is 5.32 Å². The zero-order valence-electron chi connectivity index (χ0n) is 9.41. The average Bonchev–Trinajstić information content (AvgIpc) is 2.20. The first-order valence-electron chi connectivity index (χ1n) is 5.18. The minimum atomic E-state index is 0.0209. The van der Waals surface area contributed by atoms with Crippen molar-refractivity contribution >= 4 is 11.6 Å². The fraction of sp³-hybridized carbons (Fsp3) is 0.417. The molecule has 3 nitrogen and oxygen atoms in total. The number of nitrogens with one attached hydrogen (secondary N) is 1. The molecule has 82 valence electrons. The van der Waals surface area contributed by atoms with Crippen molar-refractivity contribution < 1.29 is 9.53 Å². The second kappa shape index (κ2) is 5.39. The molecule has 1 aromatic rings. The van der Waals surface area contributed by atoms with E-state index in [2.05, 4.69) is 5.32 Å². The highest BCUT2D eigenvalue weighted by Crippen LogP contribution is 2.16. The maximum absolute atomic E-state index is 11.1. The van der Waals surface area contributed by atoms with Gasteiger partial charge in [-0.25, -0.2) is 0 Å². The van der Waals surface area contributed by atoms with Crippen molar-refractivity contribution in [3.05, 3.63) is 24.3 Å². The summed E-state index contributed by atoms with van der Waals surface area (Å²) >= 11 is 0. The molecule has 0 aliphatic rings. The van der Waals surface area contributed by atoms with Gasteiger partial charge in [-0.15, -0.1) is 0 Å². The maximum atomic E-state index is 11.1. The Balaban J connectivity index is 2.60. The molecule has 0 unspecified atom stereocenters. The normalized spacial score (nSPS) is 10.1. The van der Waals surface area contributed by atoms with Crippen LogP contribution < -0.4 is 10.1 Å². The van der Waals surface area contributed by atoms with Gasteiger partial charge in [0.05, 0.1) is 6.10 Å². The molecule has 0 aliphatic heterocycles. The van der Waals surface area contributed by atoms with Gasteiger partial charge in [-0.1, -0.05) is 6.92 Å². The van der Waals surface area contributed by atoms with E-state index < -0.39 is 0 Å². The lowest BCUT2D eigenvalue weighted by atomic mass is 10.3. The van der Waals surface area contributed by atoms with Gasteiger partial charge in [-0.3, -0.25) is 4.79 Å². The first-order chi connectivity index (χ1) is 7.11. The van der Waals surface area contributed by atoms with E-state index in [1.165, 1.54) is 0 Å². The lowest BCUT2D eigenvalue weighted by Gasteiger charge is -2.10. The number of hydrogen-bond donors (Lipinski definition) is 1. The summed E-state index contributed by atoms with van der Waals surface area (Å²) < 4.78 is 5.49. The number of carbonyl (C=O) groups excluding carboxylic acids is 1. The Morgan fingerprint density at radius 1 is 1.33 bits per heavy atom. The Kier molecular flexibility index (Phi) is 4.16. The van der Waals surface area contributed by atoms with Crippen molar-refractivity contribution in [3.63, 3.8) is 0 Å². The Morgan fingerprint density at radius 3 is 2.40 bits per heavy atom. The van der Waals surface area contributed by atoms with Gasteiger partial charge in [0, 0.05) is 12.1 Å². The minimum absolute atomic E-state index is 0.0209. The van der Waals surface area contributed by atoms with Crippen molar-refractivity contribution in [2.24, 2.45) is 0 Å². The largest absolute Gasteiger partial charge is 0.491 e. The quantitative estimate of drug-likeness (QED) is 0.824. The molecular formula is C12H17NO2. The molecule has 3 heteroatoms. The second-order valence-electron chi connectivity index (χ2n) is 3.59. The number of ether oxygens (including phenoxy) is 1. The molecule has 1 N–H and O–H groups in total. The molecule has 1 aromatic carbocycles. The van der Waals surface area contributed by atoms with E-state index in [1.807, 2.05) is 45.0 Å². The number of rotatable bonds is 4. The van der Waals surface area contributed by atoms with E-state index in [4.69, 9.17) is 4.74 Å². The highest BCUT2D eigenvalue weighted by Gasteiger charge is 2.00. The highest BCUT2D eigenvalue weighted by atomic mass is 16.5. The summed E-state index contributed by atoms with van der Waals surface area (Å²) in [6.45, 7) is 5.78. The number of amides is 1. The van der Waals surface area contributed by atoms with E-state index in [-0.39, 0.29) is 12.0 Å². The molecule has 0 atom stereocenters. The third-order valence-corrected chi connectivity index (χ3v) is 1.83. The Hall–Kier alpha value is -1.51. The Morgan fingerprint density at radius 2 is 1.93 bits per heavy atom. The van der Waals surface area contributed by atoms with Gasteiger partial charge < -0.3 is 10.1 Å². The minimum Gasteiger partial charge on any atom is -0.491 e. The molecule has 0 heterocycles. The van der Waals surface area contributed by atoms with Crippen molar-refractivity contribution in [2.45, 2.75) is 33.3 Å². The van der Waals surface area contributed by atoms with Crippen LogP contribution in [0.15, 0.2) is 24.3 Å². The molecule has 0 fully saturated rings. The summed E-state index contributed by atoms with van der Waals surface area (Å²) in [6, 6.07) is 7.38. The van der Waals surface area contributed by atoms with E-state index in [0.29, 0.717) is 6.42 Å². The SMILES string of the molecule is CCC(=O)Nc1ccc(OC(C)C)cc1. The fourth-order valence-corrected chi connectivity index (χ4v) is 1.14. The first-order valence-corrected chi connectivity index (χ1v) is 5.18. The van der Waals surface area contributed by atoms with Gasteiger partial charge in [0.25, 0.3) is 0 Å². The van der Waals surface area contributed by atoms with Crippen LogP contribution in [-0.2, 0) is 4.79 Å². The molecule has 0 saturated carbocycles. The Labute approximate surface area is 90.4 Å². The molecule has 0 saturated heterocycles. The number of carbonyl (C=O) groups is 1. The summed E-state index contributed by atoms with van der Waals surface area (Å²) in [4.78, 5) is 11.1. The molecule has 0 aliphatic carbocycles. The lowest BCUT2D eigenvalue weighted by molar-refractivity contribution is -0.115. The molecule has 0 spiro atoms. The van der Waals surface area contributed by atoms with Crippen LogP contribution in [0.5, 0.6) is 5.75 Å². The Bertz CT molecular complexity index is 317. The molecule has 0 bridgehead atoms. The van der Waals surface area contributed by atoms with Gasteiger partial charge in [-0.2, -0.15) is 0 Å². The van der Waals surface area contributed by atoms with Crippen LogP contribution in [-0.4, -0.2) is 12.0 Å². The van der Waals surface area contributed by atoms with Gasteiger partial charge in [0.1, 0.15) is 5.75 Å². The van der Waals surface area contributed by atoms with Gasteiger partial charge in [0.15, 0.2) is 0 Å². The second-order valence-corrected chi connectivity index (χ2v) is 3.59. The zero-order valence-corrected chi connectivity index (χ0v) is 9.41. The van der Waals surface area contributed by atoms with Crippen molar-refractivity contribution in [1.82, 2.24) is 0 Å². The summed E-state index contributed by atoms with van der Waals surface area (Å²) in [5.74, 6) is 0.840. The van der Waals surface area contributed by atoms with Crippen molar-refractivity contribution in [1.29, 1.82) is 0 Å². The van der Waals surface area contributed by atoms with Crippen LogP contribution >= 0.6 is 0 Å².